The molecule has 0 saturated carbocycles. The van der Waals surface area contributed by atoms with Crippen LogP contribution in [0.15, 0.2) is 22.8 Å². The second kappa shape index (κ2) is 3.80. The summed E-state index contributed by atoms with van der Waals surface area (Å²) >= 11 is 3.34. The molecule has 2 rings (SSSR count). The van der Waals surface area contributed by atoms with Gasteiger partial charge >= 0.3 is 0 Å². The Bertz CT molecular complexity index is 599. The minimum Gasteiger partial charge on any atom is -0.258 e. The number of benzene rings is 1. The van der Waals surface area contributed by atoms with Crippen molar-refractivity contribution in [2.24, 2.45) is 0 Å². The van der Waals surface area contributed by atoms with Gasteiger partial charge in [0, 0.05) is 17.5 Å². The number of nitro groups is 1. The van der Waals surface area contributed by atoms with Gasteiger partial charge in [0.15, 0.2) is 0 Å². The number of nitro benzene ring substituents is 1. The first-order valence-corrected chi connectivity index (χ1v) is 5.93. The van der Waals surface area contributed by atoms with Crippen LogP contribution in [0.5, 0.6) is 0 Å². The van der Waals surface area contributed by atoms with Crippen LogP contribution in [0.4, 0.5) is 5.69 Å². The lowest BCUT2D eigenvalue weighted by Crippen LogP contribution is -2.22. The molecule has 1 heterocycles. The van der Waals surface area contributed by atoms with Crippen molar-refractivity contribution in [2.45, 2.75) is 26.3 Å². The number of nitrogens with zero attached hydrogens (tertiary/aromatic N) is 3. The Hall–Kier alpha value is -1.43. The van der Waals surface area contributed by atoms with E-state index in [2.05, 4.69) is 21.0 Å². The van der Waals surface area contributed by atoms with Crippen LogP contribution >= 0.6 is 15.9 Å². The van der Waals surface area contributed by atoms with Crippen molar-refractivity contribution in [2.75, 3.05) is 0 Å². The SMILES string of the molecule is CC(C)(C)n1nc(Br)c2cc([N+](=O)[O-])ccc21. The number of aromatic nitrogens is 2. The molecule has 0 amide bonds. The lowest BCUT2D eigenvalue weighted by Gasteiger charge is -2.20. The first-order valence-electron chi connectivity index (χ1n) is 5.14. The Morgan fingerprint density at radius 1 is 1.41 bits per heavy atom. The molecule has 0 N–H and O–H groups in total. The summed E-state index contributed by atoms with van der Waals surface area (Å²) < 4.78 is 2.49. The normalized spacial score (nSPS) is 12.0. The minimum absolute atomic E-state index is 0.0756. The van der Waals surface area contributed by atoms with Crippen LogP contribution in [0.3, 0.4) is 0 Å². The molecule has 1 aromatic carbocycles. The Morgan fingerprint density at radius 3 is 2.59 bits per heavy atom. The first-order chi connectivity index (χ1) is 7.80. The third kappa shape index (κ3) is 2.04. The Kier molecular flexibility index (Phi) is 2.69. The summed E-state index contributed by atoms with van der Waals surface area (Å²) in [6.45, 7) is 6.11. The molecule has 2 aromatic rings. The minimum atomic E-state index is -0.402. The molecule has 1 aromatic heterocycles. The predicted molar refractivity (Wildman–Crippen MR) is 69.1 cm³/mol. The summed E-state index contributed by atoms with van der Waals surface area (Å²) in [5.74, 6) is 0. The zero-order chi connectivity index (χ0) is 12.8. The summed E-state index contributed by atoms with van der Waals surface area (Å²) in [5, 5.41) is 15.9. The van der Waals surface area contributed by atoms with E-state index in [1.54, 1.807) is 6.07 Å². The van der Waals surface area contributed by atoms with Gasteiger partial charge in [-0.1, -0.05) is 0 Å². The third-order valence-electron chi connectivity index (χ3n) is 2.46. The zero-order valence-corrected chi connectivity index (χ0v) is 11.4. The second-order valence-corrected chi connectivity index (χ2v) is 5.58. The van der Waals surface area contributed by atoms with Crippen molar-refractivity contribution < 1.29 is 4.92 Å². The van der Waals surface area contributed by atoms with Gasteiger partial charge in [0.2, 0.25) is 0 Å². The summed E-state index contributed by atoms with van der Waals surface area (Å²) in [6.07, 6.45) is 0. The average molecular weight is 298 g/mol. The Morgan fingerprint density at radius 2 is 2.06 bits per heavy atom. The summed E-state index contributed by atoms with van der Waals surface area (Å²) in [4.78, 5) is 10.3. The highest BCUT2D eigenvalue weighted by atomic mass is 79.9. The van der Waals surface area contributed by atoms with Gasteiger partial charge in [0.05, 0.1) is 16.0 Å². The fourth-order valence-electron chi connectivity index (χ4n) is 1.69. The second-order valence-electron chi connectivity index (χ2n) is 4.83. The summed E-state index contributed by atoms with van der Waals surface area (Å²) in [5.41, 5.74) is 0.794. The summed E-state index contributed by atoms with van der Waals surface area (Å²) in [6, 6.07) is 4.77. The number of hydrogen-bond donors (Lipinski definition) is 0. The molecule has 0 spiro atoms. The van der Waals surface area contributed by atoms with Crippen LogP contribution < -0.4 is 0 Å². The molecule has 0 fully saturated rings. The van der Waals surface area contributed by atoms with E-state index in [-0.39, 0.29) is 11.2 Å². The number of fused-ring (bicyclic) bond motifs is 1. The summed E-state index contributed by atoms with van der Waals surface area (Å²) in [7, 11) is 0. The molecule has 0 aliphatic carbocycles. The average Bonchev–Trinajstić information content (AvgIpc) is 2.55. The van der Waals surface area contributed by atoms with Crippen LogP contribution in [0.1, 0.15) is 20.8 Å². The van der Waals surface area contributed by atoms with E-state index in [1.165, 1.54) is 12.1 Å². The van der Waals surface area contributed by atoms with Crippen molar-refractivity contribution in [1.29, 1.82) is 0 Å². The molecule has 17 heavy (non-hydrogen) atoms. The van der Waals surface area contributed by atoms with Crippen LogP contribution in [-0.2, 0) is 5.54 Å². The molecule has 0 bridgehead atoms. The van der Waals surface area contributed by atoms with E-state index in [0.717, 1.165) is 10.9 Å². The molecular weight excluding hydrogens is 286 g/mol. The van der Waals surface area contributed by atoms with E-state index in [4.69, 9.17) is 0 Å². The van der Waals surface area contributed by atoms with E-state index < -0.39 is 4.92 Å². The van der Waals surface area contributed by atoms with Crippen molar-refractivity contribution in [3.63, 3.8) is 0 Å². The van der Waals surface area contributed by atoms with Crippen LogP contribution in [0.2, 0.25) is 0 Å². The fraction of sp³-hybridized carbons (Fsp3) is 0.364. The van der Waals surface area contributed by atoms with Crippen molar-refractivity contribution >= 4 is 32.5 Å². The van der Waals surface area contributed by atoms with Gasteiger partial charge in [-0.2, -0.15) is 5.10 Å². The predicted octanol–water partition coefficient (Wildman–Crippen LogP) is 3.46. The molecule has 5 nitrogen and oxygen atoms in total. The molecule has 0 aliphatic heterocycles. The van der Waals surface area contributed by atoms with Crippen LogP contribution in [0, 0.1) is 10.1 Å². The quantitative estimate of drug-likeness (QED) is 0.598. The zero-order valence-electron chi connectivity index (χ0n) is 9.77. The molecule has 6 heteroatoms. The van der Waals surface area contributed by atoms with E-state index in [9.17, 15) is 10.1 Å². The number of rotatable bonds is 1. The molecule has 0 saturated heterocycles. The van der Waals surface area contributed by atoms with Gasteiger partial charge in [-0.15, -0.1) is 0 Å². The lowest BCUT2D eigenvalue weighted by atomic mass is 10.1. The number of hydrogen-bond acceptors (Lipinski definition) is 3. The van der Waals surface area contributed by atoms with Crippen molar-refractivity contribution in [1.82, 2.24) is 9.78 Å². The molecule has 90 valence electrons. The number of non-ortho nitro benzene ring substituents is 1. The monoisotopic (exact) mass is 297 g/mol. The highest BCUT2D eigenvalue weighted by molar-refractivity contribution is 9.10. The molecule has 0 unspecified atom stereocenters. The van der Waals surface area contributed by atoms with Crippen LogP contribution in [0.25, 0.3) is 10.9 Å². The van der Waals surface area contributed by atoms with Gasteiger partial charge in [0.25, 0.3) is 5.69 Å². The number of halogens is 1. The Labute approximate surface area is 107 Å². The maximum Gasteiger partial charge on any atom is 0.270 e. The van der Waals surface area contributed by atoms with E-state index in [1.807, 2.05) is 25.5 Å². The van der Waals surface area contributed by atoms with E-state index >= 15 is 0 Å². The maximum absolute atomic E-state index is 10.7. The third-order valence-corrected chi connectivity index (χ3v) is 3.05. The van der Waals surface area contributed by atoms with Gasteiger partial charge in [-0.3, -0.25) is 14.8 Å². The smallest absolute Gasteiger partial charge is 0.258 e. The molecule has 0 radical (unpaired) electrons. The topological polar surface area (TPSA) is 61.0 Å². The highest BCUT2D eigenvalue weighted by Crippen LogP contribution is 2.30. The van der Waals surface area contributed by atoms with Crippen molar-refractivity contribution in [3.05, 3.63) is 32.9 Å². The fourth-order valence-corrected chi connectivity index (χ4v) is 2.17. The van der Waals surface area contributed by atoms with E-state index in [0.29, 0.717) is 4.60 Å². The van der Waals surface area contributed by atoms with Gasteiger partial charge in [-0.05, 0) is 42.8 Å². The van der Waals surface area contributed by atoms with Crippen molar-refractivity contribution in [3.8, 4) is 0 Å². The van der Waals surface area contributed by atoms with Gasteiger partial charge in [0.1, 0.15) is 4.60 Å². The Balaban J connectivity index is 2.74. The largest absolute Gasteiger partial charge is 0.270 e. The van der Waals surface area contributed by atoms with Gasteiger partial charge < -0.3 is 0 Å². The first kappa shape index (κ1) is 12.0. The van der Waals surface area contributed by atoms with Gasteiger partial charge in [-0.25, -0.2) is 0 Å². The molecule has 0 aliphatic rings. The standard InChI is InChI=1S/C11H12BrN3O2/c1-11(2,3)14-9-5-4-7(15(16)17)6-8(9)10(12)13-14/h4-6H,1-3H3. The molecule has 0 atom stereocenters. The highest BCUT2D eigenvalue weighted by Gasteiger charge is 2.20. The maximum atomic E-state index is 10.7. The lowest BCUT2D eigenvalue weighted by molar-refractivity contribution is -0.384. The molecular formula is C11H12BrN3O2. The van der Waals surface area contributed by atoms with Crippen LogP contribution in [-0.4, -0.2) is 14.7 Å².